The van der Waals surface area contributed by atoms with Gasteiger partial charge in [-0.2, -0.15) is 0 Å². The SMILES string of the molecule is CC(C)NC(=O)N1CCN(C(=O)c2cc(F)cc(F)c2)C1C(=O)NCCN. The summed E-state index contributed by atoms with van der Waals surface area (Å²) in [6.07, 6.45) is -1.24. The van der Waals surface area contributed by atoms with Gasteiger partial charge in [-0.25, -0.2) is 13.6 Å². The molecule has 4 amide bonds. The van der Waals surface area contributed by atoms with E-state index in [-0.39, 0.29) is 37.8 Å². The van der Waals surface area contributed by atoms with E-state index in [4.69, 9.17) is 5.73 Å². The van der Waals surface area contributed by atoms with E-state index in [1.807, 2.05) is 0 Å². The summed E-state index contributed by atoms with van der Waals surface area (Å²) >= 11 is 0. The number of halogens is 2. The number of nitrogens with two attached hydrogens (primary N) is 1. The fourth-order valence-electron chi connectivity index (χ4n) is 2.80. The van der Waals surface area contributed by atoms with Gasteiger partial charge in [0.25, 0.3) is 11.8 Å². The van der Waals surface area contributed by atoms with E-state index >= 15 is 0 Å². The van der Waals surface area contributed by atoms with Crippen molar-refractivity contribution in [3.8, 4) is 0 Å². The Morgan fingerprint density at radius 3 is 2.30 bits per heavy atom. The average Bonchev–Trinajstić information content (AvgIpc) is 3.02. The maximum Gasteiger partial charge on any atom is 0.319 e. The largest absolute Gasteiger partial charge is 0.351 e. The second-order valence-corrected chi connectivity index (χ2v) is 6.41. The zero-order valence-electron chi connectivity index (χ0n) is 15.2. The van der Waals surface area contributed by atoms with Gasteiger partial charge in [-0.1, -0.05) is 0 Å². The second-order valence-electron chi connectivity index (χ2n) is 6.41. The van der Waals surface area contributed by atoms with Gasteiger partial charge in [0.15, 0.2) is 6.17 Å². The summed E-state index contributed by atoms with van der Waals surface area (Å²) < 4.78 is 26.9. The predicted octanol–water partition coefficient (Wildman–Crippen LogP) is 0.242. The highest BCUT2D eigenvalue weighted by Crippen LogP contribution is 2.20. The van der Waals surface area contributed by atoms with Crippen LogP contribution in [0.1, 0.15) is 24.2 Å². The van der Waals surface area contributed by atoms with Crippen molar-refractivity contribution in [3.63, 3.8) is 0 Å². The van der Waals surface area contributed by atoms with Crippen molar-refractivity contribution >= 4 is 17.8 Å². The molecule has 27 heavy (non-hydrogen) atoms. The van der Waals surface area contributed by atoms with Gasteiger partial charge >= 0.3 is 6.03 Å². The van der Waals surface area contributed by atoms with Crippen LogP contribution in [-0.2, 0) is 4.79 Å². The van der Waals surface area contributed by atoms with Crippen LogP contribution in [-0.4, -0.2) is 66.0 Å². The Bertz CT molecular complexity index is 708. The molecule has 1 aromatic carbocycles. The fraction of sp³-hybridized carbons (Fsp3) is 0.471. The maximum atomic E-state index is 13.5. The first kappa shape index (κ1) is 20.6. The molecule has 1 aliphatic heterocycles. The summed E-state index contributed by atoms with van der Waals surface area (Å²) in [4.78, 5) is 40.0. The molecule has 1 fully saturated rings. The molecule has 0 radical (unpaired) electrons. The van der Waals surface area contributed by atoms with Crippen LogP contribution in [0, 0.1) is 11.6 Å². The van der Waals surface area contributed by atoms with Crippen molar-refractivity contribution in [3.05, 3.63) is 35.4 Å². The summed E-state index contributed by atoms with van der Waals surface area (Å²) in [5.74, 6) is -3.16. The lowest BCUT2D eigenvalue weighted by atomic mass is 10.2. The number of hydrogen-bond donors (Lipinski definition) is 3. The van der Waals surface area contributed by atoms with Gasteiger partial charge in [0.2, 0.25) is 0 Å². The molecule has 0 aliphatic carbocycles. The molecule has 4 N–H and O–H groups in total. The third-order valence-electron chi connectivity index (χ3n) is 3.89. The highest BCUT2D eigenvalue weighted by atomic mass is 19.1. The van der Waals surface area contributed by atoms with E-state index in [0.29, 0.717) is 6.07 Å². The van der Waals surface area contributed by atoms with Crippen LogP contribution in [0.4, 0.5) is 13.6 Å². The summed E-state index contributed by atoms with van der Waals surface area (Å²) in [5.41, 5.74) is 5.14. The van der Waals surface area contributed by atoms with Crippen molar-refractivity contribution in [1.29, 1.82) is 0 Å². The molecule has 1 aromatic rings. The van der Waals surface area contributed by atoms with Crippen LogP contribution >= 0.6 is 0 Å². The Hall–Kier alpha value is -2.75. The van der Waals surface area contributed by atoms with Crippen LogP contribution in [0.5, 0.6) is 0 Å². The number of urea groups is 1. The first-order valence-corrected chi connectivity index (χ1v) is 8.56. The van der Waals surface area contributed by atoms with E-state index in [0.717, 1.165) is 17.0 Å². The number of carbonyl (C=O) groups is 3. The lowest BCUT2D eigenvalue weighted by molar-refractivity contribution is -0.127. The van der Waals surface area contributed by atoms with E-state index in [1.165, 1.54) is 4.90 Å². The molecule has 0 aromatic heterocycles. The highest BCUT2D eigenvalue weighted by molar-refractivity contribution is 5.99. The third kappa shape index (κ3) is 4.91. The fourth-order valence-corrected chi connectivity index (χ4v) is 2.80. The predicted molar refractivity (Wildman–Crippen MR) is 93.6 cm³/mol. The van der Waals surface area contributed by atoms with Gasteiger partial charge in [0.1, 0.15) is 11.6 Å². The van der Waals surface area contributed by atoms with Crippen LogP contribution in [0.2, 0.25) is 0 Å². The molecule has 10 heteroatoms. The summed E-state index contributed by atoms with van der Waals surface area (Å²) in [5, 5.41) is 5.21. The van der Waals surface area contributed by atoms with Gasteiger partial charge in [-0.15, -0.1) is 0 Å². The van der Waals surface area contributed by atoms with Crippen molar-refractivity contribution in [2.24, 2.45) is 5.73 Å². The Balaban J connectivity index is 2.31. The minimum Gasteiger partial charge on any atom is -0.351 e. The van der Waals surface area contributed by atoms with Crippen LogP contribution in [0.3, 0.4) is 0 Å². The van der Waals surface area contributed by atoms with Crippen molar-refractivity contribution < 1.29 is 23.2 Å². The molecule has 1 aliphatic rings. The maximum absolute atomic E-state index is 13.5. The van der Waals surface area contributed by atoms with E-state index < -0.39 is 35.6 Å². The van der Waals surface area contributed by atoms with Crippen LogP contribution in [0.25, 0.3) is 0 Å². The third-order valence-corrected chi connectivity index (χ3v) is 3.89. The summed E-state index contributed by atoms with van der Waals surface area (Å²) in [7, 11) is 0. The normalized spacial score (nSPS) is 16.6. The van der Waals surface area contributed by atoms with Gasteiger partial charge in [0, 0.05) is 43.9 Å². The Morgan fingerprint density at radius 2 is 1.74 bits per heavy atom. The van der Waals surface area contributed by atoms with E-state index in [1.54, 1.807) is 13.8 Å². The van der Waals surface area contributed by atoms with Crippen molar-refractivity contribution in [2.75, 3.05) is 26.2 Å². The molecule has 0 spiro atoms. The minimum absolute atomic E-state index is 0.0448. The highest BCUT2D eigenvalue weighted by Gasteiger charge is 2.43. The second kappa shape index (κ2) is 8.76. The van der Waals surface area contributed by atoms with Crippen molar-refractivity contribution in [1.82, 2.24) is 20.4 Å². The number of amides is 4. The van der Waals surface area contributed by atoms with Gasteiger partial charge in [0.05, 0.1) is 0 Å². The van der Waals surface area contributed by atoms with Gasteiger partial charge in [-0.05, 0) is 26.0 Å². The molecule has 8 nitrogen and oxygen atoms in total. The average molecular weight is 383 g/mol. The molecular formula is C17H23F2N5O3. The molecular weight excluding hydrogens is 360 g/mol. The number of nitrogens with one attached hydrogen (secondary N) is 2. The molecule has 1 saturated heterocycles. The molecule has 1 unspecified atom stereocenters. The number of benzene rings is 1. The first-order valence-electron chi connectivity index (χ1n) is 8.56. The first-order chi connectivity index (χ1) is 12.7. The summed E-state index contributed by atoms with van der Waals surface area (Å²) in [6.45, 7) is 4.00. The molecule has 0 bridgehead atoms. The molecule has 2 rings (SSSR count). The topological polar surface area (TPSA) is 108 Å². The zero-order chi connectivity index (χ0) is 20.1. The van der Waals surface area contributed by atoms with Gasteiger partial charge < -0.3 is 21.3 Å². The number of carbonyl (C=O) groups excluding carboxylic acids is 3. The molecule has 148 valence electrons. The quantitative estimate of drug-likeness (QED) is 0.677. The molecule has 1 heterocycles. The molecule has 0 saturated carbocycles. The Morgan fingerprint density at radius 1 is 1.15 bits per heavy atom. The van der Waals surface area contributed by atoms with E-state index in [2.05, 4.69) is 10.6 Å². The smallest absolute Gasteiger partial charge is 0.319 e. The van der Waals surface area contributed by atoms with Gasteiger partial charge in [-0.3, -0.25) is 14.5 Å². The standard InChI is InChI=1S/C17H23F2N5O3/c1-10(2)22-17(27)24-6-5-23(15(24)14(25)21-4-3-20)16(26)11-7-12(18)9-13(19)8-11/h7-10,15H,3-6,20H2,1-2H3,(H,21,25)(H,22,27). The number of hydrogen-bond acceptors (Lipinski definition) is 4. The van der Waals surface area contributed by atoms with Crippen molar-refractivity contribution in [2.45, 2.75) is 26.1 Å². The number of nitrogens with zero attached hydrogens (tertiary/aromatic N) is 2. The molecule has 1 atom stereocenters. The monoisotopic (exact) mass is 383 g/mol. The van der Waals surface area contributed by atoms with E-state index in [9.17, 15) is 23.2 Å². The lowest BCUT2D eigenvalue weighted by Crippen LogP contribution is -2.56. The zero-order valence-corrected chi connectivity index (χ0v) is 15.2. The Labute approximate surface area is 155 Å². The van der Waals surface area contributed by atoms with Crippen LogP contribution in [0.15, 0.2) is 18.2 Å². The number of rotatable bonds is 5. The minimum atomic E-state index is -1.24. The summed E-state index contributed by atoms with van der Waals surface area (Å²) in [6, 6.07) is 1.73. The lowest BCUT2D eigenvalue weighted by Gasteiger charge is -2.29. The Kier molecular flexibility index (Phi) is 6.67. The van der Waals surface area contributed by atoms with Crippen LogP contribution < -0.4 is 16.4 Å².